The Hall–Kier alpha value is -1.59. The molecule has 3 N–H and O–H groups in total. The van der Waals surface area contributed by atoms with E-state index in [0.717, 1.165) is 31.2 Å². The van der Waals surface area contributed by atoms with Gasteiger partial charge in [-0.3, -0.25) is 0 Å². The third kappa shape index (κ3) is 6.20. The van der Waals surface area contributed by atoms with Crippen molar-refractivity contribution in [3.05, 3.63) is 35.9 Å². The highest BCUT2D eigenvalue weighted by Crippen LogP contribution is 2.39. The fourth-order valence-electron chi connectivity index (χ4n) is 3.46. The maximum absolute atomic E-state index is 10.8. The van der Waals surface area contributed by atoms with Crippen molar-refractivity contribution in [3.63, 3.8) is 0 Å². The highest BCUT2D eigenvalue weighted by molar-refractivity contribution is 5.64. The van der Waals surface area contributed by atoms with Crippen molar-refractivity contribution in [1.82, 2.24) is 5.32 Å². The molecular weight excluding hydrogens is 294 g/mol. The molecule has 5 nitrogen and oxygen atoms in total. The topological polar surface area (TPSA) is 78.8 Å². The summed E-state index contributed by atoms with van der Waals surface area (Å²) in [5, 5.41) is 21.7. The van der Waals surface area contributed by atoms with Crippen LogP contribution in [0.15, 0.2) is 30.3 Å². The van der Waals surface area contributed by atoms with E-state index in [2.05, 4.69) is 5.32 Å². The van der Waals surface area contributed by atoms with Gasteiger partial charge < -0.3 is 20.3 Å². The Bertz CT molecular complexity index is 471. The molecule has 0 aromatic heterocycles. The summed E-state index contributed by atoms with van der Waals surface area (Å²) in [6, 6.07) is 9.87. The van der Waals surface area contributed by atoms with Crippen LogP contribution >= 0.6 is 0 Å². The molecule has 1 fully saturated rings. The van der Waals surface area contributed by atoms with Crippen LogP contribution in [-0.4, -0.2) is 35.6 Å². The van der Waals surface area contributed by atoms with Crippen molar-refractivity contribution >= 4 is 6.09 Å². The minimum Gasteiger partial charge on any atom is -0.465 e. The second kappa shape index (κ2) is 8.89. The Labute approximate surface area is 137 Å². The first kappa shape index (κ1) is 17.8. The molecule has 0 heterocycles. The summed E-state index contributed by atoms with van der Waals surface area (Å²) in [5.41, 5.74) is 0.950. The van der Waals surface area contributed by atoms with E-state index in [1.54, 1.807) is 0 Å². The number of hydrogen-bond acceptors (Lipinski definition) is 3. The van der Waals surface area contributed by atoms with Gasteiger partial charge in [-0.1, -0.05) is 49.6 Å². The SMILES string of the molecule is O=C(O)NCC1(C[C@@H](O)COCc2ccccc2)CCCCC1. The van der Waals surface area contributed by atoms with Crippen LogP contribution in [0.4, 0.5) is 4.79 Å². The number of carbonyl (C=O) groups is 1. The Balaban J connectivity index is 1.79. The van der Waals surface area contributed by atoms with Gasteiger partial charge in [-0.15, -0.1) is 0 Å². The van der Waals surface area contributed by atoms with E-state index in [1.807, 2.05) is 30.3 Å². The normalized spacial score (nSPS) is 18.3. The fourth-order valence-corrected chi connectivity index (χ4v) is 3.46. The van der Waals surface area contributed by atoms with Crippen molar-refractivity contribution in [2.24, 2.45) is 5.41 Å². The van der Waals surface area contributed by atoms with Crippen LogP contribution in [0.2, 0.25) is 0 Å². The molecule has 1 aliphatic rings. The van der Waals surface area contributed by atoms with Gasteiger partial charge in [0.2, 0.25) is 0 Å². The summed E-state index contributed by atoms with van der Waals surface area (Å²) in [5.74, 6) is 0. The monoisotopic (exact) mass is 321 g/mol. The predicted molar refractivity (Wildman–Crippen MR) is 88.3 cm³/mol. The van der Waals surface area contributed by atoms with Crippen molar-refractivity contribution in [2.45, 2.75) is 51.2 Å². The molecule has 0 unspecified atom stereocenters. The molecule has 0 bridgehead atoms. The zero-order valence-electron chi connectivity index (χ0n) is 13.5. The molecule has 1 aromatic carbocycles. The van der Waals surface area contributed by atoms with Gasteiger partial charge in [0.25, 0.3) is 0 Å². The molecule has 0 spiro atoms. The first-order valence-corrected chi connectivity index (χ1v) is 8.36. The molecule has 128 valence electrons. The first-order chi connectivity index (χ1) is 11.1. The van der Waals surface area contributed by atoms with E-state index in [1.165, 1.54) is 6.42 Å². The lowest BCUT2D eigenvalue weighted by Crippen LogP contribution is -2.41. The largest absolute Gasteiger partial charge is 0.465 e. The molecule has 0 aliphatic heterocycles. The summed E-state index contributed by atoms with van der Waals surface area (Å²) < 4.78 is 5.61. The predicted octanol–water partition coefficient (Wildman–Crippen LogP) is 3.17. The quantitative estimate of drug-likeness (QED) is 0.687. The molecule has 1 aromatic rings. The van der Waals surface area contributed by atoms with Crippen LogP contribution in [-0.2, 0) is 11.3 Å². The van der Waals surface area contributed by atoms with Gasteiger partial charge in [0.05, 0.1) is 19.3 Å². The number of amides is 1. The van der Waals surface area contributed by atoms with Crippen LogP contribution in [0.3, 0.4) is 0 Å². The number of ether oxygens (including phenoxy) is 1. The summed E-state index contributed by atoms with van der Waals surface area (Å²) >= 11 is 0. The Morgan fingerprint density at radius 2 is 1.91 bits per heavy atom. The third-order valence-electron chi connectivity index (χ3n) is 4.62. The van der Waals surface area contributed by atoms with Crippen LogP contribution in [0, 0.1) is 5.41 Å². The van der Waals surface area contributed by atoms with Gasteiger partial charge >= 0.3 is 6.09 Å². The van der Waals surface area contributed by atoms with Gasteiger partial charge in [0.15, 0.2) is 0 Å². The second-order valence-corrected chi connectivity index (χ2v) is 6.58. The lowest BCUT2D eigenvalue weighted by Gasteiger charge is -2.38. The van der Waals surface area contributed by atoms with E-state index in [0.29, 0.717) is 19.6 Å². The molecule has 23 heavy (non-hydrogen) atoms. The molecular formula is C18H27NO4. The minimum absolute atomic E-state index is 0.133. The maximum atomic E-state index is 10.8. The summed E-state index contributed by atoms with van der Waals surface area (Å²) in [4.78, 5) is 10.8. The van der Waals surface area contributed by atoms with Gasteiger partial charge in [-0.05, 0) is 30.2 Å². The van der Waals surface area contributed by atoms with E-state index in [9.17, 15) is 9.90 Å². The molecule has 0 saturated heterocycles. The zero-order chi connectivity index (χ0) is 16.5. The number of carboxylic acid groups (broad SMARTS) is 1. The number of rotatable bonds is 8. The maximum Gasteiger partial charge on any atom is 0.404 e. The van der Waals surface area contributed by atoms with Crippen LogP contribution in [0.1, 0.15) is 44.1 Å². The summed E-state index contributed by atoms with van der Waals surface area (Å²) in [7, 11) is 0. The lowest BCUT2D eigenvalue weighted by molar-refractivity contribution is -0.00656. The van der Waals surface area contributed by atoms with E-state index in [-0.39, 0.29) is 12.0 Å². The standard InChI is InChI=1S/C18H27NO4/c20-16(13-23-12-15-7-3-1-4-8-15)11-18(14-19-17(21)22)9-5-2-6-10-18/h1,3-4,7-8,16,19-20H,2,5-6,9-14H2,(H,21,22)/t16-/m1/s1. The van der Waals surface area contributed by atoms with Gasteiger partial charge in [-0.2, -0.15) is 0 Å². The van der Waals surface area contributed by atoms with Crippen molar-refractivity contribution < 1.29 is 19.7 Å². The van der Waals surface area contributed by atoms with Crippen LogP contribution in [0.5, 0.6) is 0 Å². The fraction of sp³-hybridized carbons (Fsp3) is 0.611. The molecule has 1 aliphatic carbocycles. The molecule has 1 saturated carbocycles. The van der Waals surface area contributed by atoms with Gasteiger partial charge in [0.1, 0.15) is 0 Å². The number of hydrogen-bond donors (Lipinski definition) is 3. The average molecular weight is 321 g/mol. The summed E-state index contributed by atoms with van der Waals surface area (Å²) in [6.07, 6.45) is 4.33. The Morgan fingerprint density at radius 1 is 1.22 bits per heavy atom. The highest BCUT2D eigenvalue weighted by atomic mass is 16.5. The van der Waals surface area contributed by atoms with E-state index >= 15 is 0 Å². The van der Waals surface area contributed by atoms with Crippen LogP contribution < -0.4 is 5.32 Å². The molecule has 0 radical (unpaired) electrons. The summed E-state index contributed by atoms with van der Waals surface area (Å²) in [6.45, 7) is 1.18. The smallest absolute Gasteiger partial charge is 0.404 e. The first-order valence-electron chi connectivity index (χ1n) is 8.36. The van der Waals surface area contributed by atoms with Crippen molar-refractivity contribution in [1.29, 1.82) is 0 Å². The number of aliphatic hydroxyl groups is 1. The molecule has 1 amide bonds. The van der Waals surface area contributed by atoms with Crippen LogP contribution in [0.25, 0.3) is 0 Å². The Kier molecular flexibility index (Phi) is 6.86. The third-order valence-corrected chi connectivity index (χ3v) is 4.62. The van der Waals surface area contributed by atoms with Crippen molar-refractivity contribution in [3.8, 4) is 0 Å². The number of nitrogens with one attached hydrogen (secondary N) is 1. The van der Waals surface area contributed by atoms with Gasteiger partial charge in [0, 0.05) is 6.54 Å². The zero-order valence-corrected chi connectivity index (χ0v) is 13.5. The number of benzene rings is 1. The minimum atomic E-state index is -0.996. The van der Waals surface area contributed by atoms with Crippen molar-refractivity contribution in [2.75, 3.05) is 13.2 Å². The number of aliphatic hydroxyl groups excluding tert-OH is 1. The van der Waals surface area contributed by atoms with E-state index < -0.39 is 12.2 Å². The molecule has 2 rings (SSSR count). The van der Waals surface area contributed by atoms with Gasteiger partial charge in [-0.25, -0.2) is 4.79 Å². The Morgan fingerprint density at radius 3 is 2.57 bits per heavy atom. The molecule has 5 heteroatoms. The second-order valence-electron chi connectivity index (χ2n) is 6.58. The average Bonchev–Trinajstić information content (AvgIpc) is 2.55. The highest BCUT2D eigenvalue weighted by Gasteiger charge is 2.34. The lowest BCUT2D eigenvalue weighted by atomic mass is 9.70. The van der Waals surface area contributed by atoms with E-state index in [4.69, 9.17) is 9.84 Å². The molecule has 1 atom stereocenters.